The number of carbonyl (C=O) groups is 1. The summed E-state index contributed by atoms with van der Waals surface area (Å²) in [7, 11) is -3.20. The molecule has 0 aliphatic rings. The molecular weight excluding hydrogens is 306 g/mol. The van der Waals surface area contributed by atoms with E-state index in [0.717, 1.165) is 11.7 Å². The maximum absolute atomic E-state index is 11.9. The van der Waals surface area contributed by atoms with E-state index in [2.05, 4.69) is 15.5 Å². The molecule has 0 atom stereocenters. The Morgan fingerprint density at radius 2 is 2.14 bits per heavy atom. The van der Waals surface area contributed by atoms with Gasteiger partial charge in [0.1, 0.15) is 11.4 Å². The summed E-state index contributed by atoms with van der Waals surface area (Å²) in [5, 5.41) is 19.8. The van der Waals surface area contributed by atoms with E-state index in [4.69, 9.17) is 0 Å². The number of aromatic hydroxyl groups is 1. The number of nitrogens with one attached hydrogen (secondary N) is 2. The zero-order valence-corrected chi connectivity index (χ0v) is 12.6. The predicted octanol–water partition coefficient (Wildman–Crippen LogP) is 1.07. The van der Waals surface area contributed by atoms with Crippen LogP contribution in [-0.4, -0.2) is 42.4 Å². The molecular formula is C14H15N3O4S. The van der Waals surface area contributed by atoms with Gasteiger partial charge in [0, 0.05) is 23.8 Å². The summed E-state index contributed by atoms with van der Waals surface area (Å²) in [6, 6.07) is 8.15. The second kappa shape index (κ2) is 6.44. The minimum atomic E-state index is -3.20. The van der Waals surface area contributed by atoms with Crippen molar-refractivity contribution in [3.05, 3.63) is 47.5 Å². The number of aromatic nitrogens is 2. The van der Waals surface area contributed by atoms with Crippen molar-refractivity contribution in [3.63, 3.8) is 0 Å². The Morgan fingerprint density at radius 3 is 2.82 bits per heavy atom. The standard InChI is InChI=1S/C14H15N3O4S/c1-22(20,21)8-4-7-15-14(19)12-9-11(16-17-12)10-5-2-3-6-13(10)18/h2-6,8-9,18H,7H2,1H3,(H,15,19)(H,16,17)/b8-4+. The average molecular weight is 321 g/mol. The van der Waals surface area contributed by atoms with Gasteiger partial charge in [-0.3, -0.25) is 9.89 Å². The minimum Gasteiger partial charge on any atom is -0.507 e. The second-order valence-corrected chi connectivity index (χ2v) is 6.53. The largest absolute Gasteiger partial charge is 0.507 e. The summed E-state index contributed by atoms with van der Waals surface area (Å²) in [6.07, 6.45) is 2.41. The molecule has 22 heavy (non-hydrogen) atoms. The number of amides is 1. The van der Waals surface area contributed by atoms with Crippen LogP contribution in [0.4, 0.5) is 0 Å². The number of phenols is 1. The molecule has 1 heterocycles. The first-order valence-electron chi connectivity index (χ1n) is 6.35. The Labute approximate surface area is 127 Å². The van der Waals surface area contributed by atoms with Crippen LogP contribution in [0.2, 0.25) is 0 Å². The molecule has 0 saturated carbocycles. The third kappa shape index (κ3) is 4.19. The highest BCUT2D eigenvalue weighted by Gasteiger charge is 2.12. The van der Waals surface area contributed by atoms with Gasteiger partial charge in [-0.15, -0.1) is 0 Å². The SMILES string of the molecule is CS(=O)(=O)/C=C/CNC(=O)c1cc(-c2ccccc2O)n[nH]1. The van der Waals surface area contributed by atoms with Crippen molar-refractivity contribution in [2.45, 2.75) is 0 Å². The van der Waals surface area contributed by atoms with E-state index >= 15 is 0 Å². The molecule has 0 aliphatic heterocycles. The summed E-state index contributed by atoms with van der Waals surface area (Å²) in [5.74, 6) is -0.357. The lowest BCUT2D eigenvalue weighted by atomic mass is 10.1. The van der Waals surface area contributed by atoms with E-state index in [1.807, 2.05) is 0 Å². The van der Waals surface area contributed by atoms with Crippen molar-refractivity contribution in [1.29, 1.82) is 0 Å². The number of H-pyrrole nitrogens is 1. The molecule has 116 valence electrons. The molecule has 1 aromatic carbocycles. The van der Waals surface area contributed by atoms with Gasteiger partial charge in [0.25, 0.3) is 5.91 Å². The van der Waals surface area contributed by atoms with E-state index in [-0.39, 0.29) is 18.0 Å². The lowest BCUT2D eigenvalue weighted by molar-refractivity contribution is 0.0953. The molecule has 0 spiro atoms. The highest BCUT2D eigenvalue weighted by molar-refractivity contribution is 7.93. The number of carbonyl (C=O) groups excluding carboxylic acids is 1. The summed E-state index contributed by atoms with van der Waals surface area (Å²) < 4.78 is 21.8. The number of sulfone groups is 1. The fourth-order valence-corrected chi connectivity index (χ4v) is 2.18. The lowest BCUT2D eigenvalue weighted by Gasteiger charge is -1.99. The van der Waals surface area contributed by atoms with Crippen molar-refractivity contribution in [3.8, 4) is 17.0 Å². The van der Waals surface area contributed by atoms with Gasteiger partial charge in [-0.1, -0.05) is 18.2 Å². The Hall–Kier alpha value is -2.61. The van der Waals surface area contributed by atoms with Crippen molar-refractivity contribution in [2.24, 2.45) is 0 Å². The lowest BCUT2D eigenvalue weighted by Crippen LogP contribution is -2.23. The normalized spacial score (nSPS) is 11.7. The minimum absolute atomic E-state index is 0.0667. The quantitative estimate of drug-likeness (QED) is 0.762. The molecule has 0 saturated heterocycles. The first-order valence-corrected chi connectivity index (χ1v) is 8.31. The molecule has 8 heteroatoms. The molecule has 0 bridgehead atoms. The van der Waals surface area contributed by atoms with E-state index in [1.54, 1.807) is 18.2 Å². The highest BCUT2D eigenvalue weighted by Crippen LogP contribution is 2.27. The van der Waals surface area contributed by atoms with Gasteiger partial charge in [-0.25, -0.2) is 8.42 Å². The van der Waals surface area contributed by atoms with E-state index < -0.39 is 15.7 Å². The Bertz CT molecular complexity index is 809. The molecule has 2 rings (SSSR count). The smallest absolute Gasteiger partial charge is 0.269 e. The Morgan fingerprint density at radius 1 is 1.41 bits per heavy atom. The van der Waals surface area contributed by atoms with Crippen LogP contribution in [0.25, 0.3) is 11.3 Å². The fourth-order valence-electron chi connectivity index (χ4n) is 1.74. The number of hydrogen-bond donors (Lipinski definition) is 3. The maximum atomic E-state index is 11.9. The monoisotopic (exact) mass is 321 g/mol. The van der Waals surface area contributed by atoms with Crippen LogP contribution in [-0.2, 0) is 9.84 Å². The number of aromatic amines is 1. The van der Waals surface area contributed by atoms with Crippen LogP contribution in [0.1, 0.15) is 10.5 Å². The van der Waals surface area contributed by atoms with Gasteiger partial charge in [0.05, 0.1) is 5.69 Å². The zero-order chi connectivity index (χ0) is 16.2. The number of benzene rings is 1. The maximum Gasteiger partial charge on any atom is 0.269 e. The number of nitrogens with zero attached hydrogens (tertiary/aromatic N) is 1. The van der Waals surface area contributed by atoms with Crippen LogP contribution in [0, 0.1) is 0 Å². The molecule has 1 amide bonds. The van der Waals surface area contributed by atoms with Gasteiger partial charge in [0.2, 0.25) is 0 Å². The van der Waals surface area contributed by atoms with Gasteiger partial charge in [-0.2, -0.15) is 5.10 Å². The summed E-state index contributed by atoms with van der Waals surface area (Å²) in [5.41, 5.74) is 1.16. The number of hydrogen-bond acceptors (Lipinski definition) is 5. The van der Waals surface area contributed by atoms with Gasteiger partial charge in [0.15, 0.2) is 9.84 Å². The van der Waals surface area contributed by atoms with Crippen molar-refractivity contribution < 1.29 is 18.3 Å². The molecule has 0 radical (unpaired) electrons. The number of rotatable bonds is 5. The van der Waals surface area contributed by atoms with E-state index in [9.17, 15) is 18.3 Å². The van der Waals surface area contributed by atoms with Crippen molar-refractivity contribution in [2.75, 3.05) is 12.8 Å². The predicted molar refractivity (Wildman–Crippen MR) is 82.0 cm³/mol. The first kappa shape index (κ1) is 15.8. The van der Waals surface area contributed by atoms with E-state index in [1.165, 1.54) is 18.2 Å². The molecule has 0 fully saturated rings. The van der Waals surface area contributed by atoms with Crippen LogP contribution < -0.4 is 5.32 Å². The topological polar surface area (TPSA) is 112 Å². The van der Waals surface area contributed by atoms with Crippen LogP contribution in [0.3, 0.4) is 0 Å². The van der Waals surface area contributed by atoms with Gasteiger partial charge < -0.3 is 10.4 Å². The van der Waals surface area contributed by atoms with Crippen molar-refractivity contribution in [1.82, 2.24) is 15.5 Å². The number of phenolic OH excluding ortho intramolecular Hbond substituents is 1. The molecule has 0 unspecified atom stereocenters. The molecule has 3 N–H and O–H groups in total. The van der Waals surface area contributed by atoms with Crippen LogP contribution >= 0.6 is 0 Å². The van der Waals surface area contributed by atoms with E-state index in [0.29, 0.717) is 11.3 Å². The van der Waals surface area contributed by atoms with Gasteiger partial charge in [-0.05, 0) is 18.2 Å². The second-order valence-electron chi connectivity index (χ2n) is 4.60. The van der Waals surface area contributed by atoms with Crippen LogP contribution in [0.5, 0.6) is 5.75 Å². The third-order valence-electron chi connectivity index (χ3n) is 2.73. The Balaban J connectivity index is 2.04. The average Bonchev–Trinajstić information content (AvgIpc) is 2.92. The number of para-hydroxylation sites is 1. The molecule has 2 aromatic rings. The fraction of sp³-hybridized carbons (Fsp3) is 0.143. The molecule has 7 nitrogen and oxygen atoms in total. The summed E-state index contributed by atoms with van der Waals surface area (Å²) in [6.45, 7) is 0.0802. The zero-order valence-electron chi connectivity index (χ0n) is 11.8. The highest BCUT2D eigenvalue weighted by atomic mass is 32.2. The first-order chi connectivity index (χ1) is 10.4. The van der Waals surface area contributed by atoms with Crippen molar-refractivity contribution >= 4 is 15.7 Å². The summed E-state index contributed by atoms with van der Waals surface area (Å²) >= 11 is 0. The van der Waals surface area contributed by atoms with Crippen LogP contribution in [0.15, 0.2) is 41.8 Å². The molecule has 1 aromatic heterocycles. The summed E-state index contributed by atoms with van der Waals surface area (Å²) in [4.78, 5) is 11.9. The van der Waals surface area contributed by atoms with Gasteiger partial charge >= 0.3 is 0 Å². The Kier molecular flexibility index (Phi) is 4.62. The molecule has 0 aliphatic carbocycles. The third-order valence-corrected chi connectivity index (χ3v) is 3.41.